The van der Waals surface area contributed by atoms with Gasteiger partial charge in [0.1, 0.15) is 5.82 Å². The summed E-state index contributed by atoms with van der Waals surface area (Å²) >= 11 is 0. The van der Waals surface area contributed by atoms with E-state index in [1.54, 1.807) is 24.0 Å². The van der Waals surface area contributed by atoms with Gasteiger partial charge >= 0.3 is 0 Å². The van der Waals surface area contributed by atoms with E-state index in [2.05, 4.69) is 5.32 Å². The molecule has 1 aliphatic rings. The van der Waals surface area contributed by atoms with Gasteiger partial charge in [-0.15, -0.1) is 0 Å². The molecule has 1 amide bonds. The topological polar surface area (TPSA) is 32.3 Å². The Hall–Kier alpha value is -1.42. The molecule has 0 aromatic heterocycles. The second-order valence-electron chi connectivity index (χ2n) is 5.33. The summed E-state index contributed by atoms with van der Waals surface area (Å²) in [5.74, 6) is -0.125. The van der Waals surface area contributed by atoms with Crippen molar-refractivity contribution in [3.63, 3.8) is 0 Å². The SMILES string of the molecule is CC(=O)N(C)[C@@H](C)C1CC[C@@H](c2cccc(F)c2)N1. The average Bonchev–Trinajstić information content (AvgIpc) is 2.86. The van der Waals surface area contributed by atoms with Crippen LogP contribution in [-0.2, 0) is 4.79 Å². The predicted molar refractivity (Wildman–Crippen MR) is 73.2 cm³/mol. The highest BCUT2D eigenvalue weighted by atomic mass is 19.1. The average molecular weight is 264 g/mol. The molecule has 0 radical (unpaired) electrons. The lowest BCUT2D eigenvalue weighted by molar-refractivity contribution is -0.129. The maximum atomic E-state index is 13.2. The van der Waals surface area contributed by atoms with Gasteiger partial charge in [0.15, 0.2) is 0 Å². The molecule has 0 saturated carbocycles. The first-order valence-electron chi connectivity index (χ1n) is 6.74. The molecule has 4 heteroatoms. The molecular weight excluding hydrogens is 243 g/mol. The lowest BCUT2D eigenvalue weighted by atomic mass is 10.0. The number of carbonyl (C=O) groups excluding carboxylic acids is 1. The minimum absolute atomic E-state index is 0.0727. The molecule has 1 aromatic carbocycles. The maximum Gasteiger partial charge on any atom is 0.219 e. The lowest BCUT2D eigenvalue weighted by Gasteiger charge is -2.29. The smallest absolute Gasteiger partial charge is 0.219 e. The number of benzene rings is 1. The van der Waals surface area contributed by atoms with Crippen molar-refractivity contribution in [2.24, 2.45) is 0 Å². The minimum Gasteiger partial charge on any atom is -0.342 e. The van der Waals surface area contributed by atoms with Gasteiger partial charge in [-0.05, 0) is 37.5 Å². The number of amides is 1. The van der Waals surface area contributed by atoms with Gasteiger partial charge in [0.2, 0.25) is 5.91 Å². The Kier molecular flexibility index (Phi) is 4.20. The number of hydrogen-bond acceptors (Lipinski definition) is 2. The van der Waals surface area contributed by atoms with Crippen LogP contribution < -0.4 is 5.32 Å². The lowest BCUT2D eigenvalue weighted by Crippen LogP contribution is -2.46. The van der Waals surface area contributed by atoms with Crippen LogP contribution in [0.4, 0.5) is 4.39 Å². The van der Waals surface area contributed by atoms with Crippen molar-refractivity contribution < 1.29 is 9.18 Å². The molecule has 104 valence electrons. The summed E-state index contributed by atoms with van der Waals surface area (Å²) in [5.41, 5.74) is 0.986. The molecule has 2 rings (SSSR count). The van der Waals surface area contributed by atoms with Crippen LogP contribution >= 0.6 is 0 Å². The van der Waals surface area contributed by atoms with Gasteiger partial charge in [-0.2, -0.15) is 0 Å². The van der Waals surface area contributed by atoms with Crippen LogP contribution in [0, 0.1) is 5.82 Å². The third kappa shape index (κ3) is 3.13. The first kappa shape index (κ1) is 14.0. The number of halogens is 1. The molecular formula is C15H21FN2O. The van der Waals surface area contributed by atoms with E-state index in [-0.39, 0.29) is 29.8 Å². The molecule has 1 fully saturated rings. The number of nitrogens with one attached hydrogen (secondary N) is 1. The van der Waals surface area contributed by atoms with Crippen molar-refractivity contribution in [2.75, 3.05) is 7.05 Å². The van der Waals surface area contributed by atoms with Crippen LogP contribution in [0.15, 0.2) is 24.3 Å². The molecule has 3 nitrogen and oxygen atoms in total. The third-order valence-corrected chi connectivity index (χ3v) is 4.12. The number of hydrogen-bond donors (Lipinski definition) is 1. The zero-order valence-electron chi connectivity index (χ0n) is 11.7. The van der Waals surface area contributed by atoms with Crippen LogP contribution in [0.1, 0.15) is 38.3 Å². The predicted octanol–water partition coefficient (Wildman–Crippen LogP) is 2.49. The second-order valence-corrected chi connectivity index (χ2v) is 5.33. The zero-order valence-corrected chi connectivity index (χ0v) is 11.7. The summed E-state index contributed by atoms with van der Waals surface area (Å²) in [6.07, 6.45) is 1.98. The quantitative estimate of drug-likeness (QED) is 0.909. The molecule has 1 aliphatic heterocycles. The Balaban J connectivity index is 2.02. The molecule has 1 unspecified atom stereocenters. The number of carbonyl (C=O) groups is 1. The Morgan fingerprint density at radius 3 is 2.84 bits per heavy atom. The van der Waals surface area contributed by atoms with Crippen molar-refractivity contribution in [2.45, 2.75) is 44.8 Å². The van der Waals surface area contributed by atoms with Crippen LogP contribution in [-0.4, -0.2) is 29.9 Å². The van der Waals surface area contributed by atoms with Gasteiger partial charge in [0, 0.05) is 32.1 Å². The monoisotopic (exact) mass is 264 g/mol. The molecule has 1 N–H and O–H groups in total. The highest BCUT2D eigenvalue weighted by molar-refractivity contribution is 5.73. The molecule has 19 heavy (non-hydrogen) atoms. The van der Waals surface area contributed by atoms with Crippen molar-refractivity contribution in [3.05, 3.63) is 35.6 Å². The summed E-state index contributed by atoms with van der Waals surface area (Å²) < 4.78 is 13.2. The third-order valence-electron chi connectivity index (χ3n) is 4.12. The highest BCUT2D eigenvalue weighted by Crippen LogP contribution is 2.29. The molecule has 0 bridgehead atoms. The standard InChI is InChI=1S/C15H21FN2O/c1-10(18(3)11(2)19)14-7-8-15(17-14)12-5-4-6-13(16)9-12/h4-6,9-10,14-15,17H,7-8H2,1-3H3/t10-,14?,15-/m0/s1. The van der Waals surface area contributed by atoms with E-state index in [4.69, 9.17) is 0 Å². The fourth-order valence-corrected chi connectivity index (χ4v) is 2.69. The Morgan fingerprint density at radius 2 is 2.21 bits per heavy atom. The van der Waals surface area contributed by atoms with Crippen LogP contribution in [0.25, 0.3) is 0 Å². The molecule has 1 aromatic rings. The fraction of sp³-hybridized carbons (Fsp3) is 0.533. The first-order chi connectivity index (χ1) is 8.99. The van der Waals surface area contributed by atoms with E-state index < -0.39 is 0 Å². The van der Waals surface area contributed by atoms with Crippen LogP contribution in [0.5, 0.6) is 0 Å². The van der Waals surface area contributed by atoms with Crippen molar-refractivity contribution >= 4 is 5.91 Å². The molecule has 0 aliphatic carbocycles. The molecule has 0 spiro atoms. The van der Waals surface area contributed by atoms with Crippen LogP contribution in [0.3, 0.4) is 0 Å². The van der Waals surface area contributed by atoms with Gasteiger partial charge in [0.05, 0.1) is 0 Å². The van der Waals surface area contributed by atoms with Crippen molar-refractivity contribution in [3.8, 4) is 0 Å². The largest absolute Gasteiger partial charge is 0.342 e. The summed E-state index contributed by atoms with van der Waals surface area (Å²) in [6, 6.07) is 7.33. The van der Waals surface area contributed by atoms with E-state index in [9.17, 15) is 9.18 Å². The van der Waals surface area contributed by atoms with E-state index in [1.165, 1.54) is 6.07 Å². The second kappa shape index (κ2) is 5.70. The number of rotatable bonds is 3. The van der Waals surface area contributed by atoms with Crippen molar-refractivity contribution in [1.29, 1.82) is 0 Å². The summed E-state index contributed by atoms with van der Waals surface area (Å²) in [6.45, 7) is 3.63. The number of likely N-dealkylation sites (N-methyl/N-ethyl adjacent to an activating group) is 1. The first-order valence-corrected chi connectivity index (χ1v) is 6.74. The zero-order chi connectivity index (χ0) is 14.0. The molecule has 1 saturated heterocycles. The van der Waals surface area contributed by atoms with Crippen LogP contribution in [0.2, 0.25) is 0 Å². The van der Waals surface area contributed by atoms with Crippen molar-refractivity contribution in [1.82, 2.24) is 10.2 Å². The van der Waals surface area contributed by atoms with Gasteiger partial charge in [-0.3, -0.25) is 4.79 Å². The summed E-state index contributed by atoms with van der Waals surface area (Å²) in [5, 5.41) is 3.51. The minimum atomic E-state index is -0.198. The van der Waals surface area contributed by atoms with Gasteiger partial charge in [-0.25, -0.2) is 4.39 Å². The number of nitrogens with zero attached hydrogens (tertiary/aromatic N) is 1. The normalized spacial score (nSPS) is 24.2. The Bertz CT molecular complexity index is 463. The Morgan fingerprint density at radius 1 is 1.47 bits per heavy atom. The van der Waals surface area contributed by atoms with Gasteiger partial charge < -0.3 is 10.2 Å². The summed E-state index contributed by atoms with van der Waals surface area (Å²) in [7, 11) is 1.82. The van der Waals surface area contributed by atoms with Gasteiger partial charge in [-0.1, -0.05) is 12.1 Å². The fourth-order valence-electron chi connectivity index (χ4n) is 2.69. The molecule has 1 heterocycles. The van der Waals surface area contributed by atoms with E-state index in [1.807, 2.05) is 20.0 Å². The molecule has 3 atom stereocenters. The van der Waals surface area contributed by atoms with Gasteiger partial charge in [0.25, 0.3) is 0 Å². The maximum absolute atomic E-state index is 13.2. The Labute approximate surface area is 113 Å². The van der Waals surface area contributed by atoms with E-state index in [0.29, 0.717) is 0 Å². The van der Waals surface area contributed by atoms with E-state index in [0.717, 1.165) is 18.4 Å². The summed E-state index contributed by atoms with van der Waals surface area (Å²) in [4.78, 5) is 13.1. The van der Waals surface area contributed by atoms with E-state index >= 15 is 0 Å². The highest BCUT2D eigenvalue weighted by Gasteiger charge is 2.31.